The Kier molecular flexibility index (Phi) is 3.96. The molecular weight excluding hydrogens is 330 g/mol. The molecule has 0 aliphatic carbocycles. The van der Waals surface area contributed by atoms with Crippen LogP contribution in [-0.4, -0.2) is 18.4 Å². The molecule has 0 spiro atoms. The molecule has 0 amide bonds. The number of sulfonamides is 1. The molecule has 102 valence electrons. The number of aromatic amines is 1. The molecule has 0 unspecified atom stereocenters. The molecule has 1 heterocycles. The average molecular weight is 344 g/mol. The van der Waals surface area contributed by atoms with Crippen molar-refractivity contribution in [1.82, 2.24) is 9.97 Å². The summed E-state index contributed by atoms with van der Waals surface area (Å²) < 4.78 is 27.6. The zero-order valence-corrected chi connectivity index (χ0v) is 13.0. The number of nitrogens with one attached hydrogen (secondary N) is 2. The summed E-state index contributed by atoms with van der Waals surface area (Å²) >= 11 is 3.37. The van der Waals surface area contributed by atoms with Gasteiger partial charge in [0.2, 0.25) is 0 Å². The summed E-state index contributed by atoms with van der Waals surface area (Å²) in [5, 5.41) is 0.0704. The fraction of sp³-hybridized carbons (Fsp3) is 0.250. The van der Waals surface area contributed by atoms with Gasteiger partial charge in [-0.25, -0.2) is 4.98 Å². The lowest BCUT2D eigenvalue weighted by Gasteiger charge is -2.07. The molecule has 0 radical (unpaired) electrons. The van der Waals surface area contributed by atoms with Crippen LogP contribution < -0.4 is 4.72 Å². The highest BCUT2D eigenvalue weighted by molar-refractivity contribution is 9.10. The van der Waals surface area contributed by atoms with Gasteiger partial charge >= 0.3 is 0 Å². The molecule has 0 saturated heterocycles. The number of hydrogen-bond acceptors (Lipinski definition) is 3. The second-order valence-electron chi connectivity index (χ2n) is 4.12. The number of anilines is 1. The van der Waals surface area contributed by atoms with Crippen molar-refractivity contribution in [3.63, 3.8) is 0 Å². The van der Waals surface area contributed by atoms with Crippen LogP contribution in [0.1, 0.15) is 18.3 Å². The fourth-order valence-electron chi connectivity index (χ4n) is 1.53. The third kappa shape index (κ3) is 3.16. The lowest BCUT2D eigenvalue weighted by Crippen LogP contribution is -2.13. The number of H-pyrrole nitrogens is 1. The summed E-state index contributed by atoms with van der Waals surface area (Å²) in [6, 6.07) is 5.28. The summed E-state index contributed by atoms with van der Waals surface area (Å²) in [5.41, 5.74) is 1.54. The minimum Gasteiger partial charge on any atom is -0.332 e. The lowest BCUT2D eigenvalue weighted by atomic mass is 10.2. The van der Waals surface area contributed by atoms with Crippen molar-refractivity contribution >= 4 is 31.6 Å². The highest BCUT2D eigenvalue weighted by Gasteiger charge is 2.17. The van der Waals surface area contributed by atoms with Crippen molar-refractivity contribution in [2.24, 2.45) is 0 Å². The van der Waals surface area contributed by atoms with Gasteiger partial charge in [-0.3, -0.25) is 4.72 Å². The molecule has 2 rings (SSSR count). The van der Waals surface area contributed by atoms with Crippen molar-refractivity contribution in [1.29, 1.82) is 0 Å². The minimum atomic E-state index is -3.62. The lowest BCUT2D eigenvalue weighted by molar-refractivity contribution is 0.598. The van der Waals surface area contributed by atoms with Crippen molar-refractivity contribution in [3.05, 3.63) is 40.3 Å². The van der Waals surface area contributed by atoms with Gasteiger partial charge in [0.05, 0.1) is 11.9 Å². The summed E-state index contributed by atoms with van der Waals surface area (Å²) in [6.45, 7) is 3.84. The summed E-state index contributed by atoms with van der Waals surface area (Å²) in [5.74, 6) is 0.644. The number of imidazole rings is 1. The Morgan fingerprint density at radius 1 is 1.42 bits per heavy atom. The van der Waals surface area contributed by atoms with E-state index in [4.69, 9.17) is 0 Å². The topological polar surface area (TPSA) is 74.8 Å². The molecule has 1 aromatic carbocycles. The number of rotatable bonds is 4. The number of nitrogens with zero attached hydrogens (tertiary/aromatic N) is 1. The van der Waals surface area contributed by atoms with E-state index in [1.54, 1.807) is 12.1 Å². The zero-order chi connectivity index (χ0) is 14.0. The van der Waals surface area contributed by atoms with E-state index in [0.29, 0.717) is 17.9 Å². The zero-order valence-electron chi connectivity index (χ0n) is 10.6. The molecule has 0 bridgehead atoms. The summed E-state index contributed by atoms with van der Waals surface area (Å²) in [4.78, 5) is 6.77. The first-order valence-electron chi connectivity index (χ1n) is 5.75. The molecule has 7 heteroatoms. The molecule has 2 aromatic rings. The maximum Gasteiger partial charge on any atom is 0.278 e. The Morgan fingerprint density at radius 2 is 2.16 bits per heavy atom. The van der Waals surface area contributed by atoms with Gasteiger partial charge in [-0.2, -0.15) is 8.42 Å². The van der Waals surface area contributed by atoms with Crippen molar-refractivity contribution in [3.8, 4) is 0 Å². The van der Waals surface area contributed by atoms with Gasteiger partial charge in [-0.15, -0.1) is 0 Å². The van der Waals surface area contributed by atoms with Gasteiger partial charge in [0.15, 0.2) is 5.03 Å². The molecule has 0 atom stereocenters. The summed E-state index contributed by atoms with van der Waals surface area (Å²) in [6.07, 6.45) is 1.98. The number of benzene rings is 1. The molecule has 0 aliphatic heterocycles. The average Bonchev–Trinajstić information content (AvgIpc) is 2.83. The van der Waals surface area contributed by atoms with Crippen molar-refractivity contribution < 1.29 is 8.42 Å². The second-order valence-corrected chi connectivity index (χ2v) is 6.62. The normalized spacial score (nSPS) is 11.5. The molecule has 19 heavy (non-hydrogen) atoms. The Morgan fingerprint density at radius 3 is 2.74 bits per heavy atom. The Hall–Kier alpha value is -1.34. The number of hydrogen-bond donors (Lipinski definition) is 2. The monoisotopic (exact) mass is 343 g/mol. The third-order valence-electron chi connectivity index (χ3n) is 2.65. The molecule has 0 fully saturated rings. The quantitative estimate of drug-likeness (QED) is 0.896. The number of aryl methyl sites for hydroxylation is 2. The predicted octanol–water partition coefficient (Wildman–Crippen LogP) is 2.84. The highest BCUT2D eigenvalue weighted by Crippen LogP contribution is 2.22. The molecule has 0 aliphatic rings. The minimum absolute atomic E-state index is 0.0704. The largest absolute Gasteiger partial charge is 0.332 e. The third-order valence-corrected chi connectivity index (χ3v) is 4.80. The van der Waals surface area contributed by atoms with Gasteiger partial charge in [0.1, 0.15) is 5.82 Å². The number of aromatic nitrogens is 2. The Bertz CT molecular complexity index is 695. The molecule has 0 saturated carbocycles. The van der Waals surface area contributed by atoms with Gasteiger partial charge in [-0.1, -0.05) is 28.9 Å². The van der Waals surface area contributed by atoms with Gasteiger partial charge in [-0.05, 0) is 24.6 Å². The predicted molar refractivity (Wildman–Crippen MR) is 77.7 cm³/mol. The fourth-order valence-corrected chi connectivity index (χ4v) is 2.90. The first-order valence-corrected chi connectivity index (χ1v) is 8.03. The van der Waals surface area contributed by atoms with E-state index in [2.05, 4.69) is 30.6 Å². The smallest absolute Gasteiger partial charge is 0.278 e. The molecular formula is C12H14BrN3O2S. The maximum atomic E-state index is 12.1. The van der Waals surface area contributed by atoms with Crippen molar-refractivity contribution in [2.75, 3.05) is 4.72 Å². The Labute approximate surface area is 120 Å². The number of halogens is 1. The van der Waals surface area contributed by atoms with Gasteiger partial charge in [0.25, 0.3) is 10.0 Å². The SMILES string of the molecule is CCc1ncc(S(=O)(=O)Nc2ccc(C)c(Br)c2)[nH]1. The van der Waals surface area contributed by atoms with Crippen LogP contribution in [0.5, 0.6) is 0 Å². The van der Waals surface area contributed by atoms with E-state index in [-0.39, 0.29) is 5.03 Å². The van der Waals surface area contributed by atoms with Crippen LogP contribution >= 0.6 is 15.9 Å². The van der Waals surface area contributed by atoms with Crippen molar-refractivity contribution in [2.45, 2.75) is 25.3 Å². The maximum absolute atomic E-state index is 12.1. The van der Waals surface area contributed by atoms with E-state index in [1.165, 1.54) is 6.20 Å². The molecule has 2 N–H and O–H groups in total. The van der Waals surface area contributed by atoms with E-state index in [9.17, 15) is 8.42 Å². The van der Waals surface area contributed by atoms with E-state index in [1.807, 2.05) is 19.9 Å². The van der Waals surface area contributed by atoms with Crippen LogP contribution in [0.15, 0.2) is 33.9 Å². The standard InChI is InChI=1S/C12H14BrN3O2S/c1-3-11-14-7-12(15-11)19(17,18)16-9-5-4-8(2)10(13)6-9/h4-7,16H,3H2,1-2H3,(H,14,15). The Balaban J connectivity index is 2.28. The molecule has 5 nitrogen and oxygen atoms in total. The van der Waals surface area contributed by atoms with Gasteiger partial charge in [0, 0.05) is 10.9 Å². The highest BCUT2D eigenvalue weighted by atomic mass is 79.9. The van der Waals surface area contributed by atoms with Crippen LogP contribution in [0.3, 0.4) is 0 Å². The molecule has 1 aromatic heterocycles. The van der Waals surface area contributed by atoms with E-state index >= 15 is 0 Å². The first kappa shape index (κ1) is 14.1. The second kappa shape index (κ2) is 5.34. The first-order chi connectivity index (χ1) is 8.92. The summed E-state index contributed by atoms with van der Waals surface area (Å²) in [7, 11) is -3.62. The van der Waals surface area contributed by atoms with Crippen LogP contribution in [-0.2, 0) is 16.4 Å². The van der Waals surface area contributed by atoms with Crippen LogP contribution in [0.2, 0.25) is 0 Å². The van der Waals surface area contributed by atoms with Crippen LogP contribution in [0, 0.1) is 6.92 Å². The van der Waals surface area contributed by atoms with E-state index < -0.39 is 10.0 Å². The van der Waals surface area contributed by atoms with Crippen LogP contribution in [0.4, 0.5) is 5.69 Å². The van der Waals surface area contributed by atoms with Crippen LogP contribution in [0.25, 0.3) is 0 Å². The van der Waals surface area contributed by atoms with Gasteiger partial charge < -0.3 is 4.98 Å². The van der Waals surface area contributed by atoms with E-state index in [0.717, 1.165) is 10.0 Å².